The fraction of sp³-hybridized carbons (Fsp3) is 0.100. The van der Waals surface area contributed by atoms with Gasteiger partial charge in [0.25, 0.3) is 20.0 Å². The number of allylic oxidation sites excluding steroid dienone is 2. The lowest BCUT2D eigenvalue weighted by Gasteiger charge is -2.24. The van der Waals surface area contributed by atoms with Gasteiger partial charge in [-0.25, -0.2) is 16.8 Å². The van der Waals surface area contributed by atoms with Crippen LogP contribution in [-0.4, -0.2) is 16.8 Å². The van der Waals surface area contributed by atoms with Gasteiger partial charge in [-0.15, -0.1) is 0 Å². The molecule has 164 valence electrons. The zero-order valence-corrected chi connectivity index (χ0v) is 18.6. The van der Waals surface area contributed by atoms with Crippen molar-refractivity contribution in [1.29, 1.82) is 10.5 Å². The van der Waals surface area contributed by atoms with Gasteiger partial charge in [0.1, 0.15) is 12.1 Å². The van der Waals surface area contributed by atoms with Crippen molar-refractivity contribution in [2.24, 2.45) is 0 Å². The third-order valence-electron chi connectivity index (χ3n) is 4.36. The van der Waals surface area contributed by atoms with Crippen LogP contribution in [0.1, 0.15) is 11.1 Å². The predicted molar refractivity (Wildman–Crippen MR) is 115 cm³/mol. The summed E-state index contributed by atoms with van der Waals surface area (Å²) in [7, 11) is -8.17. The number of hydrogen-bond donors (Lipinski definition) is 4. The van der Waals surface area contributed by atoms with Crippen molar-refractivity contribution in [3.8, 4) is 12.1 Å². The minimum absolute atomic E-state index is 0.0527. The lowest BCUT2D eigenvalue weighted by atomic mass is 10.2. The number of rotatable bonds is 6. The molecule has 0 fully saturated rings. The maximum absolute atomic E-state index is 12.7. The van der Waals surface area contributed by atoms with Gasteiger partial charge in [0.15, 0.2) is 23.0 Å². The van der Waals surface area contributed by atoms with E-state index >= 15 is 0 Å². The topological polar surface area (TPSA) is 164 Å². The first-order valence-electron chi connectivity index (χ1n) is 9.07. The molecule has 0 unspecified atom stereocenters. The van der Waals surface area contributed by atoms with E-state index in [4.69, 9.17) is 0 Å². The number of nitrogens with one attached hydrogen (secondary N) is 4. The Labute approximate surface area is 186 Å². The number of benzene rings is 2. The van der Waals surface area contributed by atoms with Crippen LogP contribution in [0.25, 0.3) is 0 Å². The van der Waals surface area contributed by atoms with Crippen LogP contribution in [0.5, 0.6) is 0 Å². The third kappa shape index (κ3) is 4.83. The van der Waals surface area contributed by atoms with Crippen molar-refractivity contribution in [1.82, 2.24) is 20.1 Å². The first-order valence-corrected chi connectivity index (χ1v) is 12.0. The van der Waals surface area contributed by atoms with Crippen LogP contribution in [0.15, 0.2) is 81.4 Å². The predicted octanol–water partition coefficient (Wildman–Crippen LogP) is 1.14. The fourth-order valence-electron chi connectivity index (χ4n) is 2.64. The van der Waals surface area contributed by atoms with Crippen LogP contribution >= 0.6 is 0 Å². The van der Waals surface area contributed by atoms with Crippen molar-refractivity contribution in [3.63, 3.8) is 0 Å². The van der Waals surface area contributed by atoms with E-state index in [1.54, 1.807) is 50.3 Å². The Bertz CT molecular complexity index is 1300. The average molecular weight is 471 g/mol. The molecule has 0 saturated carbocycles. The molecule has 1 aliphatic rings. The molecule has 2 aromatic rings. The Hall–Kier alpha value is -4.00. The van der Waals surface area contributed by atoms with Gasteiger partial charge in [0, 0.05) is 0 Å². The molecule has 4 N–H and O–H groups in total. The van der Waals surface area contributed by atoms with Crippen LogP contribution in [-0.2, 0) is 20.0 Å². The maximum atomic E-state index is 12.7. The number of sulfonamides is 2. The molecular weight excluding hydrogens is 452 g/mol. The Balaban J connectivity index is 1.89. The van der Waals surface area contributed by atoms with Crippen LogP contribution in [0.3, 0.4) is 0 Å². The number of aryl methyl sites for hydroxylation is 2. The van der Waals surface area contributed by atoms with Crippen molar-refractivity contribution in [2.45, 2.75) is 23.6 Å². The molecule has 10 nitrogen and oxygen atoms in total. The fourth-order valence-corrected chi connectivity index (χ4v) is 4.71. The second-order valence-corrected chi connectivity index (χ2v) is 10.2. The Kier molecular flexibility index (Phi) is 6.11. The average Bonchev–Trinajstić information content (AvgIpc) is 2.74. The summed E-state index contributed by atoms with van der Waals surface area (Å²) in [5.41, 5.74) is 1.06. The molecule has 3 rings (SSSR count). The van der Waals surface area contributed by atoms with E-state index in [0.29, 0.717) is 0 Å². The van der Waals surface area contributed by atoms with Crippen LogP contribution in [0.4, 0.5) is 0 Å². The highest BCUT2D eigenvalue weighted by Gasteiger charge is 2.27. The summed E-state index contributed by atoms with van der Waals surface area (Å²) in [5.74, 6) is -0.634. The summed E-state index contributed by atoms with van der Waals surface area (Å²) in [4.78, 5) is -0.105. The van der Waals surface area contributed by atoms with Crippen LogP contribution < -0.4 is 20.1 Å². The molecule has 0 aromatic heterocycles. The number of nitrogens with zero attached hydrogens (tertiary/aromatic N) is 2. The summed E-state index contributed by atoms with van der Waals surface area (Å²) in [5, 5.41) is 23.9. The SMILES string of the molecule is Cc1ccc(S(=O)(=O)NC2=C(C#N)NC(NS(=O)(=O)c3ccc(C)cc3)=C(C#N)N2)cc1. The normalized spacial score (nSPS) is 14.0. The molecule has 0 amide bonds. The first kappa shape index (κ1) is 22.7. The van der Waals surface area contributed by atoms with Gasteiger partial charge in [-0.3, -0.25) is 9.44 Å². The number of nitriles is 2. The van der Waals surface area contributed by atoms with Gasteiger partial charge in [-0.1, -0.05) is 35.4 Å². The smallest absolute Gasteiger partial charge is 0.263 e. The van der Waals surface area contributed by atoms with Crippen molar-refractivity contribution >= 4 is 20.0 Å². The minimum atomic E-state index is -4.08. The molecule has 12 heteroatoms. The number of hydrogen-bond acceptors (Lipinski definition) is 8. The molecule has 0 spiro atoms. The molecule has 1 aliphatic heterocycles. The summed E-state index contributed by atoms with van der Waals surface area (Å²) < 4.78 is 55.1. The van der Waals surface area contributed by atoms with E-state index in [-0.39, 0.29) is 32.8 Å². The van der Waals surface area contributed by atoms with E-state index in [9.17, 15) is 27.4 Å². The van der Waals surface area contributed by atoms with E-state index in [1.807, 2.05) is 0 Å². The van der Waals surface area contributed by atoms with Crippen molar-refractivity contribution < 1.29 is 16.8 Å². The Morgan fingerprint density at radius 3 is 1.25 bits per heavy atom. The lowest BCUT2D eigenvalue weighted by Crippen LogP contribution is -2.43. The molecular formula is C20H18N6O4S2. The molecule has 32 heavy (non-hydrogen) atoms. The molecule has 0 radical (unpaired) electrons. The van der Waals surface area contributed by atoms with Crippen molar-refractivity contribution in [2.75, 3.05) is 0 Å². The highest BCUT2D eigenvalue weighted by Crippen LogP contribution is 2.17. The Morgan fingerprint density at radius 2 is 0.969 bits per heavy atom. The van der Waals surface area contributed by atoms with Gasteiger partial charge in [0.2, 0.25) is 0 Å². The largest absolute Gasteiger partial charge is 0.327 e. The molecule has 1 heterocycles. The highest BCUT2D eigenvalue weighted by atomic mass is 32.2. The van der Waals surface area contributed by atoms with E-state index < -0.39 is 20.0 Å². The second-order valence-electron chi connectivity index (χ2n) is 6.81. The van der Waals surface area contributed by atoms with Crippen LogP contribution in [0, 0.1) is 36.5 Å². The summed E-state index contributed by atoms with van der Waals surface area (Å²) in [6, 6.07) is 15.5. The maximum Gasteiger partial charge on any atom is 0.263 e. The van der Waals surface area contributed by atoms with Gasteiger partial charge < -0.3 is 10.6 Å². The highest BCUT2D eigenvalue weighted by molar-refractivity contribution is 7.90. The standard InChI is InChI=1S/C20H18N6O4S2/c1-13-3-7-15(8-4-13)31(27,28)25-19-17(11-21)24-20(18(12-22)23-19)26-32(29,30)16-9-5-14(2)6-10-16/h3-10,23-26H,1-2H3. The molecule has 0 bridgehead atoms. The second kappa shape index (κ2) is 8.63. The zero-order chi connectivity index (χ0) is 23.5. The molecule has 0 saturated heterocycles. The lowest BCUT2D eigenvalue weighted by molar-refractivity contribution is 0.578. The first-order chi connectivity index (χ1) is 15.1. The van der Waals surface area contributed by atoms with Crippen LogP contribution in [0.2, 0.25) is 0 Å². The Morgan fingerprint density at radius 1 is 0.656 bits per heavy atom. The quantitative estimate of drug-likeness (QED) is 0.488. The van der Waals surface area contributed by atoms with E-state index in [1.165, 1.54) is 24.3 Å². The van der Waals surface area contributed by atoms with Gasteiger partial charge >= 0.3 is 0 Å². The summed E-state index contributed by atoms with van der Waals surface area (Å²) in [6.45, 7) is 3.60. The van der Waals surface area contributed by atoms with Gasteiger partial charge in [-0.2, -0.15) is 10.5 Å². The monoisotopic (exact) mass is 470 g/mol. The van der Waals surface area contributed by atoms with Gasteiger partial charge in [0.05, 0.1) is 9.79 Å². The summed E-state index contributed by atoms with van der Waals surface area (Å²) >= 11 is 0. The van der Waals surface area contributed by atoms with E-state index in [0.717, 1.165) is 11.1 Å². The molecule has 0 atom stereocenters. The van der Waals surface area contributed by atoms with Crippen molar-refractivity contribution in [3.05, 3.63) is 82.7 Å². The van der Waals surface area contributed by atoms with Gasteiger partial charge in [-0.05, 0) is 38.1 Å². The molecule has 2 aromatic carbocycles. The minimum Gasteiger partial charge on any atom is -0.327 e. The molecule has 0 aliphatic carbocycles. The summed E-state index contributed by atoms with van der Waals surface area (Å²) in [6.07, 6.45) is 0. The van der Waals surface area contributed by atoms with E-state index in [2.05, 4.69) is 20.1 Å². The third-order valence-corrected chi connectivity index (χ3v) is 7.09. The zero-order valence-electron chi connectivity index (χ0n) is 17.0.